The van der Waals surface area contributed by atoms with Crippen LogP contribution in [0.2, 0.25) is 26.4 Å². The van der Waals surface area contributed by atoms with Crippen molar-refractivity contribution in [3.63, 3.8) is 0 Å². The summed E-state index contributed by atoms with van der Waals surface area (Å²) in [6.45, 7) is 7.26. The molecule has 0 saturated carbocycles. The molecule has 0 spiro atoms. The van der Waals surface area contributed by atoms with Gasteiger partial charge in [0.15, 0.2) is 11.6 Å². The first-order chi connectivity index (χ1) is 51.9. The number of nitrogens with two attached hydrogens (primary N) is 2. The third-order valence-corrected chi connectivity index (χ3v) is 16.8. The highest BCUT2D eigenvalue weighted by Gasteiger charge is 2.22. The Bertz CT molecular complexity index is 5240. The third-order valence-electron chi connectivity index (χ3n) is 15.9. The summed E-state index contributed by atoms with van der Waals surface area (Å²) in [4.78, 5) is 59.4. The van der Waals surface area contributed by atoms with Crippen molar-refractivity contribution >= 4 is 142 Å². The first kappa shape index (κ1) is 77.7. The van der Waals surface area contributed by atoms with E-state index in [1.54, 1.807) is 50.4 Å². The lowest BCUT2D eigenvalue weighted by molar-refractivity contribution is 0.412. The topological polar surface area (TPSA) is 413 Å². The van der Waals surface area contributed by atoms with Gasteiger partial charge in [0, 0.05) is 62.0 Å². The maximum atomic E-state index is 14.6. The second-order valence-corrected chi connectivity index (χ2v) is 26.0. The van der Waals surface area contributed by atoms with Gasteiger partial charge in [-0.1, -0.05) is 0 Å². The molecular formula is C70H78Cl5F2N25O5. The summed E-state index contributed by atoms with van der Waals surface area (Å²) in [5.41, 5.74) is 18.3. The van der Waals surface area contributed by atoms with Crippen LogP contribution in [0.5, 0.6) is 0 Å². The summed E-state index contributed by atoms with van der Waals surface area (Å²) in [6.07, 6.45) is 11.5. The van der Waals surface area contributed by atoms with Crippen LogP contribution in [0.15, 0.2) is 132 Å². The molecule has 0 aliphatic carbocycles. The Morgan fingerprint density at radius 2 is 0.748 bits per heavy atom. The number of hydrogen-bond acceptors (Lipinski definition) is 25. The van der Waals surface area contributed by atoms with Crippen LogP contribution in [0, 0.1) is 11.6 Å². The lowest BCUT2D eigenvalue weighted by atomic mass is 10.2. The quantitative estimate of drug-likeness (QED) is 0.0203. The van der Waals surface area contributed by atoms with Gasteiger partial charge < -0.3 is 101 Å². The van der Waals surface area contributed by atoms with Gasteiger partial charge in [-0.2, -0.15) is 34.9 Å². The van der Waals surface area contributed by atoms with Crippen LogP contribution in [-0.4, -0.2) is 140 Å². The summed E-state index contributed by atoms with van der Waals surface area (Å²) in [7, 11) is 7.84. The van der Waals surface area contributed by atoms with Crippen molar-refractivity contribution in [1.29, 1.82) is 0 Å². The van der Waals surface area contributed by atoms with E-state index in [0.29, 0.717) is 133 Å². The van der Waals surface area contributed by atoms with E-state index in [1.165, 1.54) is 0 Å². The van der Waals surface area contributed by atoms with Crippen molar-refractivity contribution < 1.29 is 30.9 Å². The van der Waals surface area contributed by atoms with Gasteiger partial charge >= 0.3 is 0 Å². The number of nitrogens with zero attached hydrogens (tertiary/aromatic N) is 11. The molecule has 15 heterocycles. The lowest BCUT2D eigenvalue weighted by Crippen LogP contribution is -2.18. The van der Waals surface area contributed by atoms with Gasteiger partial charge in [-0.25, -0.2) is 23.7 Å². The van der Waals surface area contributed by atoms with Crippen molar-refractivity contribution in [2.75, 3.05) is 81.0 Å². The molecule has 0 aliphatic heterocycles. The minimum Gasteiger partial charge on any atom is -0.467 e. The molecule has 16 N–H and O–H groups in total. The Kier molecular flexibility index (Phi) is 27.4. The molecule has 107 heavy (non-hydrogen) atoms. The lowest BCUT2D eigenvalue weighted by Gasteiger charge is -2.07. The predicted octanol–water partition coefficient (Wildman–Crippen LogP) is 13.4. The SMILES string of the molecule is CN(C)CCc1cc2c(NCc3ccco3)nc(Cl)nc2[nH]1.CNCCc1[nH]c2nc(Cl)nc(NCc3ccco3)c2c1F.CNCCc1cc2c(NCc3ccco3)nc(Cl)nc2[nH]1.C[C@H](N)Cc1[nH]c2nc(Cl)nc(NCc3ccco3)c2c1F.NCCc1cc2c(NCc3ccco3)nc(Cl)nc2[nH]1. The fraction of sp³-hybridized carbons (Fsp3) is 0.286. The largest absolute Gasteiger partial charge is 0.467 e. The molecule has 0 aromatic carbocycles. The van der Waals surface area contributed by atoms with E-state index in [-0.39, 0.29) is 43.7 Å². The van der Waals surface area contributed by atoms with Gasteiger partial charge in [-0.3, -0.25) is 0 Å². The Hall–Kier alpha value is -10.4. The van der Waals surface area contributed by atoms with Gasteiger partial charge in [0.05, 0.1) is 102 Å². The van der Waals surface area contributed by atoms with E-state index in [0.717, 1.165) is 94.2 Å². The minimum atomic E-state index is -0.411. The Morgan fingerprint density at radius 3 is 1.08 bits per heavy atom. The summed E-state index contributed by atoms with van der Waals surface area (Å²) in [5.74, 6) is 5.90. The van der Waals surface area contributed by atoms with Gasteiger partial charge in [0.25, 0.3) is 0 Å². The highest BCUT2D eigenvalue weighted by Crippen LogP contribution is 2.32. The summed E-state index contributed by atoms with van der Waals surface area (Å²) >= 11 is 29.7. The number of nitrogens with one attached hydrogen (secondary N) is 12. The summed E-state index contributed by atoms with van der Waals surface area (Å²) in [6, 6.07) is 24.4. The first-order valence-electron chi connectivity index (χ1n) is 33.7. The highest BCUT2D eigenvalue weighted by molar-refractivity contribution is 6.30. The number of fused-ring (bicyclic) bond motifs is 5. The molecule has 15 aromatic rings. The molecule has 0 amide bonds. The molecule has 0 aliphatic rings. The Balaban J connectivity index is 0.000000133. The molecule has 0 saturated heterocycles. The zero-order valence-corrected chi connectivity index (χ0v) is 62.4. The molecule has 15 rings (SSSR count). The van der Waals surface area contributed by atoms with Gasteiger partial charge in [0.1, 0.15) is 86.1 Å². The van der Waals surface area contributed by atoms with Gasteiger partial charge in [-0.05, 0) is 191 Å². The molecule has 0 bridgehead atoms. The van der Waals surface area contributed by atoms with Crippen molar-refractivity contribution in [3.8, 4) is 0 Å². The number of furan rings is 5. The standard InChI is InChI=1S/C15H18ClN5O.2C14H15ClFN5O.C14H16ClN5O.C13H14ClN5O/c1-21(2)6-5-10-8-12-13(17-9-11-4-3-7-22-11)19-15(16)20-14(12)18-10;1-17-5-4-9-11(16)10-12(18-7-8-3-2-6-22-8)20-14(15)21-13(10)19-9;1-7(17)5-9-11(16)10-12(18-6-8-3-2-4-22-8)20-14(15)21-13(10)19-9;1-16-5-4-9-7-11-12(17-8-10-3-2-6-21-10)19-14(15)20-13(11)18-9;14-13-18-11(16-7-9-2-1-5-20-9)10-6-8(3-4-15)17-12(10)19-13/h3-4,7-8H,5-6,9H2,1-2H3,(H2,17,18,19,20);2-3,6,17H,4-5,7H2,1H3,(H2,18,19,20,21);2-4,7H,5-6,17H2,1H3,(H2,18,19,20,21);2-3,6-7,16H,4-5,8H2,1H3,(H2,17,18,19,20);1-2,5-6H,3-4,7,15H2,(H2,16,17,18,19)/t;;7-;;/m..0../s1. The average Bonchev–Trinajstić information content (AvgIpc) is 1.65. The van der Waals surface area contributed by atoms with Crippen LogP contribution < -0.4 is 48.7 Å². The van der Waals surface area contributed by atoms with Crippen molar-refractivity contribution in [1.82, 2.24) is 90.3 Å². The minimum absolute atomic E-state index is 0.0306. The van der Waals surface area contributed by atoms with E-state index in [4.69, 9.17) is 91.6 Å². The van der Waals surface area contributed by atoms with Crippen LogP contribution in [0.4, 0.5) is 37.9 Å². The van der Waals surface area contributed by atoms with Crippen LogP contribution in [0.3, 0.4) is 0 Å². The Labute approximate surface area is 635 Å². The number of anilines is 5. The molecular weight excluding hydrogens is 1490 g/mol. The summed E-state index contributed by atoms with van der Waals surface area (Å²) < 4.78 is 55.5. The second-order valence-electron chi connectivity index (χ2n) is 24.3. The first-order valence-corrected chi connectivity index (χ1v) is 35.6. The van der Waals surface area contributed by atoms with Crippen LogP contribution in [0.1, 0.15) is 64.2 Å². The number of H-pyrrole nitrogens is 5. The van der Waals surface area contributed by atoms with Crippen LogP contribution in [0.25, 0.3) is 55.2 Å². The second kappa shape index (κ2) is 37.7. The predicted molar refractivity (Wildman–Crippen MR) is 412 cm³/mol. The van der Waals surface area contributed by atoms with Crippen molar-refractivity contribution in [2.45, 2.75) is 77.8 Å². The molecule has 562 valence electrons. The highest BCUT2D eigenvalue weighted by atomic mass is 35.5. The average molecular weight is 1560 g/mol. The fourth-order valence-corrected chi connectivity index (χ4v) is 11.7. The van der Waals surface area contributed by atoms with Crippen molar-refractivity contribution in [3.05, 3.63) is 206 Å². The smallest absolute Gasteiger partial charge is 0.226 e. The molecule has 30 nitrogen and oxygen atoms in total. The maximum absolute atomic E-state index is 14.6. The van der Waals surface area contributed by atoms with E-state index >= 15 is 0 Å². The number of halogens is 7. The molecule has 37 heteroatoms. The van der Waals surface area contributed by atoms with Gasteiger partial charge in [0.2, 0.25) is 26.4 Å². The maximum Gasteiger partial charge on any atom is 0.226 e. The number of likely N-dealkylation sites (N-methyl/N-ethyl adjacent to an activating group) is 3. The molecule has 1 atom stereocenters. The molecule has 0 radical (unpaired) electrons. The monoisotopic (exact) mass is 1560 g/mol. The van der Waals surface area contributed by atoms with E-state index < -0.39 is 5.82 Å². The van der Waals surface area contributed by atoms with Crippen LogP contribution in [-0.2, 0) is 64.8 Å². The molecule has 15 aromatic heterocycles. The number of aromatic amines is 5. The fourth-order valence-electron chi connectivity index (χ4n) is 10.9. The van der Waals surface area contributed by atoms with Crippen molar-refractivity contribution in [2.24, 2.45) is 11.5 Å². The van der Waals surface area contributed by atoms with Gasteiger partial charge in [-0.15, -0.1) is 0 Å². The number of aromatic nitrogens is 15. The van der Waals surface area contributed by atoms with E-state index in [9.17, 15) is 8.78 Å². The zero-order valence-electron chi connectivity index (χ0n) is 58.6. The summed E-state index contributed by atoms with van der Waals surface area (Å²) in [5, 5.41) is 25.9. The normalized spacial score (nSPS) is 11.5. The van der Waals surface area contributed by atoms with Crippen LogP contribution >= 0.6 is 58.0 Å². The zero-order chi connectivity index (χ0) is 75.3. The molecule has 0 unspecified atom stereocenters. The number of rotatable bonds is 28. The molecule has 0 fully saturated rings. The third kappa shape index (κ3) is 21.5. The number of hydrogen-bond donors (Lipinski definition) is 14. The van der Waals surface area contributed by atoms with E-state index in [1.807, 2.05) is 74.8 Å². The Morgan fingerprint density at radius 1 is 0.430 bits per heavy atom. The van der Waals surface area contributed by atoms with E-state index in [2.05, 4.69) is 137 Å².